The summed E-state index contributed by atoms with van der Waals surface area (Å²) in [6.45, 7) is 2.80. The summed E-state index contributed by atoms with van der Waals surface area (Å²) in [5.74, 6) is -1.15. The van der Waals surface area contributed by atoms with Crippen molar-refractivity contribution < 1.29 is 19.0 Å². The molecule has 1 N–H and O–H groups in total. The van der Waals surface area contributed by atoms with E-state index in [4.69, 9.17) is 17.0 Å². The number of rotatable bonds is 1. The van der Waals surface area contributed by atoms with Crippen LogP contribution in [0.3, 0.4) is 0 Å². The minimum atomic E-state index is -1.83. The van der Waals surface area contributed by atoms with E-state index < -0.39 is 17.4 Å². The van der Waals surface area contributed by atoms with Gasteiger partial charge in [-0.1, -0.05) is 6.92 Å². The van der Waals surface area contributed by atoms with E-state index in [0.717, 1.165) is 36.2 Å². The molecule has 1 aromatic carbocycles. The maximum absolute atomic E-state index is 14.3. The highest BCUT2D eigenvalue weighted by molar-refractivity contribution is 7.78. The van der Waals surface area contributed by atoms with Gasteiger partial charge >= 0.3 is 5.97 Å². The first-order valence-corrected chi connectivity index (χ1v) is 11.1. The van der Waals surface area contributed by atoms with Crippen LogP contribution in [0.15, 0.2) is 39.8 Å². The Morgan fingerprint density at radius 3 is 2.91 bits per heavy atom. The number of pyridine rings is 1. The van der Waals surface area contributed by atoms with E-state index in [2.05, 4.69) is 9.59 Å². The number of carbonyl (C=O) groups is 1. The lowest BCUT2D eigenvalue weighted by Crippen LogP contribution is -2.47. The zero-order chi connectivity index (χ0) is 22.4. The molecule has 2 aromatic rings. The molecule has 0 saturated carbocycles. The number of hydrogen-bond acceptors (Lipinski definition) is 6. The Kier molecular flexibility index (Phi) is 3.97. The number of benzene rings is 1. The molecular formula is C24H19FN2O4S. The normalized spacial score (nSPS) is 23.5. The van der Waals surface area contributed by atoms with Crippen LogP contribution in [0.1, 0.15) is 36.6 Å². The Labute approximate surface area is 187 Å². The predicted octanol–water partition coefficient (Wildman–Crippen LogP) is 2.73. The maximum atomic E-state index is 14.3. The third-order valence-electron chi connectivity index (χ3n) is 7.09. The summed E-state index contributed by atoms with van der Waals surface area (Å²) in [6.07, 6.45) is 3.39. The van der Waals surface area contributed by atoms with Crippen LogP contribution in [0, 0.1) is 5.82 Å². The highest BCUT2D eigenvalue weighted by Gasteiger charge is 2.49. The van der Waals surface area contributed by atoms with Crippen molar-refractivity contribution in [2.45, 2.75) is 44.9 Å². The summed E-state index contributed by atoms with van der Waals surface area (Å²) in [4.78, 5) is 28.0. The molecule has 0 amide bonds. The molecule has 32 heavy (non-hydrogen) atoms. The van der Waals surface area contributed by atoms with Crippen molar-refractivity contribution in [3.8, 4) is 0 Å². The molecule has 0 spiro atoms. The summed E-state index contributed by atoms with van der Waals surface area (Å²) in [5.41, 5.74) is 2.90. The van der Waals surface area contributed by atoms with Crippen molar-refractivity contribution in [2.75, 3.05) is 6.61 Å². The molecule has 4 aliphatic rings. The Balaban J connectivity index is 1.69. The topological polar surface area (TPSA) is 71.8 Å². The van der Waals surface area contributed by atoms with Crippen LogP contribution in [-0.2, 0) is 29.0 Å². The van der Waals surface area contributed by atoms with Crippen LogP contribution in [0.5, 0.6) is 0 Å². The minimum Gasteiger partial charge on any atom is -0.458 e. The molecule has 5 heterocycles. The monoisotopic (exact) mass is 450 g/mol. The first kappa shape index (κ1) is 19.6. The maximum Gasteiger partial charge on any atom is 0.343 e. The molecule has 162 valence electrons. The Bertz CT molecular complexity index is 1450. The van der Waals surface area contributed by atoms with Gasteiger partial charge < -0.3 is 19.3 Å². The Morgan fingerprint density at radius 1 is 1.34 bits per heavy atom. The summed E-state index contributed by atoms with van der Waals surface area (Å²) in [5, 5.41) is 14.3. The van der Waals surface area contributed by atoms with Crippen molar-refractivity contribution in [1.29, 1.82) is 0 Å². The van der Waals surface area contributed by atoms with Gasteiger partial charge in [-0.05, 0) is 60.3 Å². The number of thiocarbonyl (C=S) groups is 1. The lowest BCUT2D eigenvalue weighted by Gasteiger charge is -2.38. The molecule has 0 unspecified atom stereocenters. The molecule has 0 bridgehead atoms. The number of nitrogens with zero attached hydrogens (tertiary/aromatic N) is 2. The molecule has 0 fully saturated rings. The number of carbonyl (C=O) groups excluding carboxylic acids is 1. The quantitative estimate of drug-likeness (QED) is 0.532. The molecule has 0 radical (unpaired) electrons. The summed E-state index contributed by atoms with van der Waals surface area (Å²) < 4.78 is 21.7. The number of aliphatic hydroxyl groups is 1. The average Bonchev–Trinajstić information content (AvgIpc) is 3.18. The van der Waals surface area contributed by atoms with Crippen molar-refractivity contribution in [3.63, 3.8) is 0 Å². The Hall–Kier alpha value is -3.06. The number of ether oxygens (including phenoxy) is 1. The predicted molar refractivity (Wildman–Crippen MR) is 119 cm³/mol. The third kappa shape index (κ3) is 2.29. The second kappa shape index (κ2) is 6.48. The van der Waals surface area contributed by atoms with Gasteiger partial charge in [0.15, 0.2) is 11.0 Å². The minimum absolute atomic E-state index is 0.0202. The van der Waals surface area contributed by atoms with E-state index >= 15 is 0 Å². The number of fused-ring (bicyclic) bond motifs is 4. The van der Waals surface area contributed by atoms with Gasteiger partial charge in [0.05, 0.1) is 29.0 Å². The lowest BCUT2D eigenvalue weighted by molar-refractivity contribution is -0.162. The molecule has 1 aromatic heterocycles. The zero-order valence-corrected chi connectivity index (χ0v) is 18.1. The highest BCUT2D eigenvalue weighted by Crippen LogP contribution is 2.46. The summed E-state index contributed by atoms with van der Waals surface area (Å²) in [6, 6.07) is 2.81. The highest BCUT2D eigenvalue weighted by atomic mass is 32.1. The summed E-state index contributed by atoms with van der Waals surface area (Å²) >= 11 is 5.20. The molecule has 6 rings (SSSR count). The molecular weight excluding hydrogens is 431 g/mol. The van der Waals surface area contributed by atoms with Crippen LogP contribution in [0.4, 0.5) is 4.39 Å². The van der Waals surface area contributed by atoms with Crippen LogP contribution >= 0.6 is 12.2 Å². The largest absolute Gasteiger partial charge is 0.458 e. The van der Waals surface area contributed by atoms with E-state index in [-0.39, 0.29) is 18.5 Å². The molecule has 0 aliphatic carbocycles. The van der Waals surface area contributed by atoms with Gasteiger partial charge in [-0.25, -0.2) is 9.18 Å². The van der Waals surface area contributed by atoms with E-state index in [1.807, 2.05) is 4.90 Å². The van der Waals surface area contributed by atoms with Crippen molar-refractivity contribution in [3.05, 3.63) is 67.9 Å². The standard InChI is InChI=1S/C24H19FN2O4S/c1-2-24(30)16-8-17-20-18(9-27(17)19(11-32)15(16)10-31-23(24)29)26-5-3-4-12-6-13(25)7-14(21(12)26)22(20)28/h6-8,30H,2-5,9-10H2,1H3/t24-/m0/s1. The van der Waals surface area contributed by atoms with E-state index in [9.17, 15) is 19.1 Å². The fourth-order valence-electron chi connectivity index (χ4n) is 5.54. The van der Waals surface area contributed by atoms with Gasteiger partial charge in [0.25, 0.3) is 0 Å². The van der Waals surface area contributed by atoms with Gasteiger partial charge in [-0.15, -0.1) is 0 Å². The van der Waals surface area contributed by atoms with Crippen LogP contribution in [-0.4, -0.2) is 37.8 Å². The molecule has 8 heteroatoms. The van der Waals surface area contributed by atoms with E-state index in [1.165, 1.54) is 12.1 Å². The van der Waals surface area contributed by atoms with Gasteiger partial charge in [-0.2, -0.15) is 0 Å². The average molecular weight is 450 g/mol. The van der Waals surface area contributed by atoms with Crippen molar-refractivity contribution >= 4 is 39.8 Å². The number of aryl methyl sites for hydroxylation is 2. The molecule has 0 saturated heterocycles. The third-order valence-corrected chi connectivity index (χ3v) is 7.29. The fraction of sp³-hybridized carbons (Fsp3) is 0.333. The number of cyclic esters (lactones) is 1. The smallest absolute Gasteiger partial charge is 0.343 e. The van der Waals surface area contributed by atoms with E-state index in [1.54, 1.807) is 13.0 Å². The molecule has 1 atom stereocenters. The van der Waals surface area contributed by atoms with Crippen molar-refractivity contribution in [1.82, 2.24) is 9.47 Å². The van der Waals surface area contributed by atoms with Crippen molar-refractivity contribution in [2.24, 2.45) is 0 Å². The van der Waals surface area contributed by atoms with Crippen LogP contribution < -0.4 is 5.43 Å². The SMILES string of the molecule is CC[C@@]1(O)C(=O)OCC2=C1C=C1c3c(n4c5c(cc(F)cc5c3=O)CCC4)CN1C2=C=S. The summed E-state index contributed by atoms with van der Waals surface area (Å²) in [7, 11) is 0. The number of hydrogen-bond donors (Lipinski definition) is 1. The second-order valence-corrected chi connectivity index (χ2v) is 8.82. The molecule has 4 aliphatic heterocycles. The fourth-order valence-corrected chi connectivity index (χ4v) is 5.78. The first-order chi connectivity index (χ1) is 15.4. The van der Waals surface area contributed by atoms with Gasteiger partial charge in [0.2, 0.25) is 0 Å². The Morgan fingerprint density at radius 2 is 2.16 bits per heavy atom. The molecule has 6 nitrogen and oxygen atoms in total. The lowest BCUT2D eigenvalue weighted by atomic mass is 9.82. The van der Waals surface area contributed by atoms with E-state index in [0.29, 0.717) is 40.0 Å². The number of aromatic nitrogens is 1. The van der Waals surface area contributed by atoms with Crippen LogP contribution in [0.2, 0.25) is 0 Å². The second-order valence-electron chi connectivity index (χ2n) is 8.62. The van der Waals surface area contributed by atoms with Gasteiger partial charge in [-0.3, -0.25) is 4.79 Å². The van der Waals surface area contributed by atoms with Crippen LogP contribution in [0.25, 0.3) is 16.6 Å². The number of halogens is 1. The van der Waals surface area contributed by atoms with Gasteiger partial charge in [0, 0.05) is 23.1 Å². The zero-order valence-electron chi connectivity index (χ0n) is 17.3. The number of esters is 1. The first-order valence-electron chi connectivity index (χ1n) is 10.6. The van der Waals surface area contributed by atoms with Gasteiger partial charge in [0.1, 0.15) is 18.1 Å².